The number of nitrogens with zero attached hydrogens (tertiary/aromatic N) is 1. The monoisotopic (exact) mass is 476 g/mol. The van der Waals surface area contributed by atoms with Crippen LogP contribution in [0.25, 0.3) is 0 Å². The Labute approximate surface area is 188 Å². The van der Waals surface area contributed by atoms with Gasteiger partial charge in [-0.05, 0) is 67.9 Å². The lowest BCUT2D eigenvalue weighted by atomic mass is 10.1. The van der Waals surface area contributed by atoms with Crippen molar-refractivity contribution in [3.8, 4) is 5.75 Å². The first-order chi connectivity index (χ1) is 14.7. The number of anilines is 1. The minimum atomic E-state index is -4.71. The summed E-state index contributed by atoms with van der Waals surface area (Å²) in [7, 11) is 0. The van der Waals surface area contributed by atoms with Gasteiger partial charge in [-0.15, -0.1) is 0 Å². The van der Waals surface area contributed by atoms with Gasteiger partial charge in [0.2, 0.25) is 6.10 Å². The Morgan fingerprint density at radius 3 is 2.32 bits per heavy atom. The minimum absolute atomic E-state index is 0.272. The molecule has 1 fully saturated rings. The van der Waals surface area contributed by atoms with E-state index < -0.39 is 24.9 Å². The van der Waals surface area contributed by atoms with Crippen LogP contribution in [-0.2, 0) is 4.74 Å². The maximum atomic E-state index is 13.5. The fourth-order valence-electron chi connectivity index (χ4n) is 3.23. The van der Waals surface area contributed by atoms with E-state index in [2.05, 4.69) is 5.32 Å². The highest BCUT2D eigenvalue weighted by Gasteiger charge is 2.44. The second-order valence-electron chi connectivity index (χ2n) is 7.16. The zero-order chi connectivity index (χ0) is 22.4. The van der Waals surface area contributed by atoms with Crippen LogP contribution in [0, 0.1) is 0 Å². The summed E-state index contributed by atoms with van der Waals surface area (Å²) in [5, 5.41) is 3.29. The molecule has 0 radical (unpaired) electrons. The Bertz CT molecular complexity index is 864. The first-order valence-electron chi connectivity index (χ1n) is 9.63. The fraction of sp³-hybridized carbons (Fsp3) is 0.381. The Kier molecular flexibility index (Phi) is 7.91. The van der Waals surface area contributed by atoms with E-state index in [4.69, 9.17) is 32.7 Å². The molecule has 5 nitrogen and oxygen atoms in total. The second-order valence-corrected chi connectivity index (χ2v) is 8.04. The van der Waals surface area contributed by atoms with Crippen molar-refractivity contribution in [1.82, 2.24) is 4.90 Å². The molecule has 31 heavy (non-hydrogen) atoms. The van der Waals surface area contributed by atoms with E-state index in [9.17, 15) is 18.0 Å². The predicted molar refractivity (Wildman–Crippen MR) is 113 cm³/mol. The van der Waals surface area contributed by atoms with Crippen molar-refractivity contribution in [3.05, 3.63) is 58.6 Å². The molecule has 1 heterocycles. The van der Waals surface area contributed by atoms with Crippen molar-refractivity contribution in [2.75, 3.05) is 25.0 Å². The molecule has 168 valence electrons. The normalized spacial score (nSPS) is 18.3. The largest absolute Gasteiger partial charge is 0.489 e. The number of hydrogen-bond donors (Lipinski definition) is 1. The molecule has 1 aliphatic heterocycles. The molecule has 0 aliphatic carbocycles. The molecule has 2 atom stereocenters. The molecule has 2 aromatic rings. The fourth-order valence-corrected chi connectivity index (χ4v) is 3.48. The van der Waals surface area contributed by atoms with Crippen molar-refractivity contribution >= 4 is 35.0 Å². The number of carbonyl (C=O) groups is 1. The molecule has 0 aromatic heterocycles. The van der Waals surface area contributed by atoms with Crippen molar-refractivity contribution in [1.29, 1.82) is 0 Å². The average Bonchev–Trinajstić information content (AvgIpc) is 2.71. The van der Waals surface area contributed by atoms with Gasteiger partial charge in [0.15, 0.2) is 0 Å². The van der Waals surface area contributed by atoms with Crippen LogP contribution < -0.4 is 10.1 Å². The first kappa shape index (κ1) is 23.5. The highest BCUT2D eigenvalue weighted by Crippen LogP contribution is 2.27. The predicted octanol–water partition coefficient (Wildman–Crippen LogP) is 6.02. The third kappa shape index (κ3) is 7.48. The summed E-state index contributed by atoms with van der Waals surface area (Å²) >= 11 is 11.6. The van der Waals surface area contributed by atoms with Gasteiger partial charge in [-0.1, -0.05) is 23.2 Å². The van der Waals surface area contributed by atoms with E-state index >= 15 is 0 Å². The zero-order valence-electron chi connectivity index (χ0n) is 16.4. The van der Waals surface area contributed by atoms with E-state index in [-0.39, 0.29) is 18.3 Å². The Morgan fingerprint density at radius 1 is 1.10 bits per heavy atom. The molecular formula is C21H21Cl2F3N2O3. The third-order valence-corrected chi connectivity index (χ3v) is 5.21. The smallest absolute Gasteiger partial charge is 0.426 e. The average molecular weight is 477 g/mol. The minimum Gasteiger partial charge on any atom is -0.489 e. The number of alkyl halides is 3. The van der Waals surface area contributed by atoms with Gasteiger partial charge in [-0.3, -0.25) is 10.2 Å². The van der Waals surface area contributed by atoms with Crippen LogP contribution in [0.1, 0.15) is 12.8 Å². The summed E-state index contributed by atoms with van der Waals surface area (Å²) < 4.78 is 51.1. The molecule has 10 heteroatoms. The number of likely N-dealkylation sites (tertiary alicyclic amines) is 1. The maximum Gasteiger partial charge on any atom is 0.426 e. The Hall–Kier alpha value is -2.16. The van der Waals surface area contributed by atoms with Gasteiger partial charge in [0.1, 0.15) is 11.9 Å². The van der Waals surface area contributed by atoms with Crippen LogP contribution in [0.3, 0.4) is 0 Å². The molecule has 1 amide bonds. The number of piperidine rings is 1. The summed E-state index contributed by atoms with van der Waals surface area (Å²) in [6.07, 6.45) is -7.05. The van der Waals surface area contributed by atoms with Crippen molar-refractivity contribution in [3.63, 3.8) is 0 Å². The van der Waals surface area contributed by atoms with Gasteiger partial charge >= 0.3 is 12.3 Å². The van der Waals surface area contributed by atoms with E-state index in [1.54, 1.807) is 29.2 Å². The van der Waals surface area contributed by atoms with Crippen LogP contribution in [-0.4, -0.2) is 49.0 Å². The van der Waals surface area contributed by atoms with E-state index in [1.165, 1.54) is 24.3 Å². The summed E-state index contributed by atoms with van der Waals surface area (Å²) in [6, 6.07) is 12.7. The number of halogens is 5. The van der Waals surface area contributed by atoms with Gasteiger partial charge in [0.05, 0.1) is 0 Å². The number of rotatable bonds is 6. The highest BCUT2D eigenvalue weighted by molar-refractivity contribution is 6.30. The van der Waals surface area contributed by atoms with Crippen LogP contribution in [0.2, 0.25) is 10.0 Å². The van der Waals surface area contributed by atoms with Gasteiger partial charge in [0.25, 0.3) is 0 Å². The van der Waals surface area contributed by atoms with E-state index in [1.807, 2.05) is 0 Å². The summed E-state index contributed by atoms with van der Waals surface area (Å²) in [5.41, 5.74) is 0.282. The van der Waals surface area contributed by atoms with E-state index in [0.29, 0.717) is 35.2 Å². The lowest BCUT2D eigenvalue weighted by Gasteiger charge is -2.35. The quantitative estimate of drug-likeness (QED) is 0.553. The maximum absolute atomic E-state index is 13.5. The van der Waals surface area contributed by atoms with E-state index in [0.717, 1.165) is 0 Å². The first-order valence-corrected chi connectivity index (χ1v) is 10.4. The molecule has 0 saturated carbocycles. The highest BCUT2D eigenvalue weighted by atomic mass is 35.5. The molecule has 2 aromatic carbocycles. The van der Waals surface area contributed by atoms with Gasteiger partial charge in [-0.25, -0.2) is 4.79 Å². The second kappa shape index (κ2) is 10.4. The molecule has 3 rings (SSSR count). The number of hydrogen-bond acceptors (Lipinski definition) is 4. The Morgan fingerprint density at radius 2 is 1.71 bits per heavy atom. The van der Waals surface area contributed by atoms with Crippen molar-refractivity contribution in [2.24, 2.45) is 0 Å². The number of carbonyl (C=O) groups excluding carboxylic acids is 1. The number of benzene rings is 2. The SMILES string of the molecule is O=C(Nc1ccc(Cl)cc1)O[C@@H](CN1CCC[C@@H](Oc2ccc(Cl)cc2)C1)C(F)(F)F. The summed E-state index contributed by atoms with van der Waals surface area (Å²) in [5.74, 6) is 0.599. The lowest BCUT2D eigenvalue weighted by Crippen LogP contribution is -2.49. The van der Waals surface area contributed by atoms with Gasteiger partial charge in [-0.2, -0.15) is 13.2 Å². The topological polar surface area (TPSA) is 50.8 Å². The molecule has 0 unspecified atom stereocenters. The lowest BCUT2D eigenvalue weighted by molar-refractivity contribution is -0.207. The van der Waals surface area contributed by atoms with Crippen LogP contribution in [0.15, 0.2) is 48.5 Å². The molecule has 0 spiro atoms. The van der Waals surface area contributed by atoms with Crippen molar-refractivity contribution in [2.45, 2.75) is 31.2 Å². The van der Waals surface area contributed by atoms with Gasteiger partial charge < -0.3 is 9.47 Å². The van der Waals surface area contributed by atoms with Crippen LogP contribution in [0.4, 0.5) is 23.7 Å². The summed E-state index contributed by atoms with van der Waals surface area (Å²) in [6.45, 7) is 0.268. The third-order valence-electron chi connectivity index (χ3n) is 4.71. The molecule has 1 aliphatic rings. The van der Waals surface area contributed by atoms with Crippen LogP contribution in [0.5, 0.6) is 5.75 Å². The van der Waals surface area contributed by atoms with Crippen molar-refractivity contribution < 1.29 is 27.4 Å². The zero-order valence-corrected chi connectivity index (χ0v) is 17.9. The number of ether oxygens (including phenoxy) is 2. The summed E-state index contributed by atoms with van der Waals surface area (Å²) in [4.78, 5) is 13.6. The van der Waals surface area contributed by atoms with Crippen LogP contribution >= 0.6 is 23.2 Å². The molecule has 0 bridgehead atoms. The standard InChI is InChI=1S/C21H21Cl2F3N2O3/c22-14-3-7-16(8-4-14)27-20(29)31-19(21(24,25)26)13-28-11-1-2-18(12-28)30-17-9-5-15(23)6-10-17/h3-10,18-19H,1-2,11-13H2,(H,27,29)/t18-,19+/m1/s1. The molecule has 1 saturated heterocycles. The molecular weight excluding hydrogens is 456 g/mol. The van der Waals surface area contributed by atoms with Gasteiger partial charge in [0, 0.05) is 28.8 Å². The number of amides is 1. The molecule has 1 N–H and O–H groups in total. The number of nitrogens with one attached hydrogen (secondary N) is 1. The Balaban J connectivity index is 1.57.